The van der Waals surface area contributed by atoms with Crippen LogP contribution in [0, 0.1) is 0 Å². The number of nitrogens with one attached hydrogen (secondary N) is 1. The summed E-state index contributed by atoms with van der Waals surface area (Å²) >= 11 is 0. The van der Waals surface area contributed by atoms with E-state index in [0.717, 1.165) is 43.7 Å². The summed E-state index contributed by atoms with van der Waals surface area (Å²) in [6.45, 7) is 3.30. The Kier molecular flexibility index (Phi) is 5.57. The Balaban J connectivity index is 1.12. The molecule has 0 aliphatic carbocycles. The maximum absolute atomic E-state index is 13.0. The van der Waals surface area contributed by atoms with Gasteiger partial charge in [0.05, 0.1) is 5.69 Å². The van der Waals surface area contributed by atoms with Crippen LogP contribution in [0.1, 0.15) is 58.8 Å². The van der Waals surface area contributed by atoms with Crippen LogP contribution in [0.2, 0.25) is 0 Å². The van der Waals surface area contributed by atoms with Crippen LogP contribution in [0.25, 0.3) is 10.8 Å². The highest BCUT2D eigenvalue weighted by Gasteiger charge is 2.39. The molecule has 178 valence electrons. The number of imide groups is 1. The number of carbonyl (C=O) groups excluding carboxylic acids is 3. The van der Waals surface area contributed by atoms with E-state index in [4.69, 9.17) is 0 Å². The normalized spacial score (nSPS) is 21.4. The molecule has 0 bridgehead atoms. The van der Waals surface area contributed by atoms with Crippen molar-refractivity contribution in [2.24, 2.45) is 0 Å². The third kappa shape index (κ3) is 4.10. The summed E-state index contributed by atoms with van der Waals surface area (Å²) in [4.78, 5) is 45.5. The summed E-state index contributed by atoms with van der Waals surface area (Å²) in [5.41, 5.74) is 4.06. The lowest BCUT2D eigenvalue weighted by Crippen LogP contribution is -2.52. The first-order chi connectivity index (χ1) is 17.1. The van der Waals surface area contributed by atoms with Crippen molar-refractivity contribution in [2.75, 3.05) is 13.1 Å². The van der Waals surface area contributed by atoms with Crippen LogP contribution in [-0.4, -0.2) is 51.6 Å². The Bertz CT molecular complexity index is 1320. The molecule has 3 aliphatic rings. The number of hydrogen-bond donors (Lipinski definition) is 1. The molecule has 1 atom stereocenters. The Morgan fingerprint density at radius 1 is 0.971 bits per heavy atom. The standard InChI is InChI=1S/C28H28N4O3/c33-26-8-7-25(27(34)30-26)32-16-21-15-20(5-6-23(21)28(32)35)18-10-13-31(14-11-18)17-24-22-4-2-1-3-19(22)9-12-29-24/h1-6,9,12,15,18,25H,7-8,10-11,13-14,16-17H2,(H,30,33,34). The second-order valence-corrected chi connectivity index (χ2v) is 9.85. The van der Waals surface area contributed by atoms with E-state index < -0.39 is 6.04 Å². The van der Waals surface area contributed by atoms with Crippen LogP contribution < -0.4 is 5.32 Å². The van der Waals surface area contributed by atoms with Crippen LogP contribution in [-0.2, 0) is 22.7 Å². The molecule has 2 saturated heterocycles. The summed E-state index contributed by atoms with van der Waals surface area (Å²) in [5, 5.41) is 4.82. The average Bonchev–Trinajstić information content (AvgIpc) is 3.20. The van der Waals surface area contributed by atoms with E-state index in [-0.39, 0.29) is 24.1 Å². The fourth-order valence-corrected chi connectivity index (χ4v) is 5.79. The largest absolute Gasteiger partial charge is 0.322 e. The number of amides is 3. The van der Waals surface area contributed by atoms with Gasteiger partial charge in [0.2, 0.25) is 11.8 Å². The van der Waals surface area contributed by atoms with Gasteiger partial charge in [-0.15, -0.1) is 0 Å². The second-order valence-electron chi connectivity index (χ2n) is 9.85. The number of likely N-dealkylation sites (tertiary alicyclic amines) is 1. The van der Waals surface area contributed by atoms with E-state index in [1.807, 2.05) is 12.3 Å². The second kappa shape index (κ2) is 8.89. The highest BCUT2D eigenvalue weighted by molar-refractivity contribution is 6.05. The van der Waals surface area contributed by atoms with Gasteiger partial charge in [-0.05, 0) is 66.9 Å². The van der Waals surface area contributed by atoms with Crippen LogP contribution in [0.3, 0.4) is 0 Å². The van der Waals surface area contributed by atoms with Crippen LogP contribution in [0.15, 0.2) is 54.7 Å². The Hall–Kier alpha value is -3.58. The van der Waals surface area contributed by atoms with Crippen molar-refractivity contribution in [3.05, 3.63) is 77.1 Å². The van der Waals surface area contributed by atoms with Gasteiger partial charge in [0.15, 0.2) is 0 Å². The van der Waals surface area contributed by atoms with Crippen molar-refractivity contribution >= 4 is 28.5 Å². The minimum absolute atomic E-state index is 0.113. The van der Waals surface area contributed by atoms with E-state index in [2.05, 4.69) is 57.7 Å². The zero-order chi connectivity index (χ0) is 23.9. The summed E-state index contributed by atoms with van der Waals surface area (Å²) < 4.78 is 0. The lowest BCUT2D eigenvalue weighted by molar-refractivity contribution is -0.136. The van der Waals surface area contributed by atoms with Crippen molar-refractivity contribution in [1.29, 1.82) is 0 Å². The molecule has 2 fully saturated rings. The van der Waals surface area contributed by atoms with E-state index >= 15 is 0 Å². The van der Waals surface area contributed by atoms with E-state index in [9.17, 15) is 14.4 Å². The molecule has 3 aromatic rings. The smallest absolute Gasteiger partial charge is 0.255 e. The first kappa shape index (κ1) is 21.9. The Morgan fingerprint density at radius 2 is 1.80 bits per heavy atom. The lowest BCUT2D eigenvalue weighted by atomic mass is 9.88. The maximum Gasteiger partial charge on any atom is 0.255 e. The zero-order valence-electron chi connectivity index (χ0n) is 19.6. The van der Waals surface area contributed by atoms with Crippen molar-refractivity contribution < 1.29 is 14.4 Å². The van der Waals surface area contributed by atoms with Gasteiger partial charge in [0, 0.05) is 36.7 Å². The predicted molar refractivity (Wildman–Crippen MR) is 131 cm³/mol. The van der Waals surface area contributed by atoms with E-state index in [1.165, 1.54) is 16.3 Å². The average molecular weight is 469 g/mol. The molecule has 0 spiro atoms. The molecule has 2 aromatic carbocycles. The van der Waals surface area contributed by atoms with Gasteiger partial charge in [-0.25, -0.2) is 0 Å². The first-order valence-electron chi connectivity index (χ1n) is 12.4. The number of aromatic nitrogens is 1. The van der Waals surface area contributed by atoms with Crippen molar-refractivity contribution in [1.82, 2.24) is 20.1 Å². The number of nitrogens with zero attached hydrogens (tertiary/aromatic N) is 3. The number of rotatable bonds is 4. The molecule has 3 aliphatic heterocycles. The van der Waals surface area contributed by atoms with Gasteiger partial charge < -0.3 is 4.90 Å². The lowest BCUT2D eigenvalue weighted by Gasteiger charge is -2.32. The van der Waals surface area contributed by atoms with Gasteiger partial charge in [-0.1, -0.05) is 36.4 Å². The molecule has 0 radical (unpaired) electrons. The molecular weight excluding hydrogens is 440 g/mol. The number of hydrogen-bond acceptors (Lipinski definition) is 5. The van der Waals surface area contributed by atoms with Crippen molar-refractivity contribution in [2.45, 2.75) is 50.7 Å². The summed E-state index contributed by atoms with van der Waals surface area (Å²) in [6, 6.07) is 16.1. The van der Waals surface area contributed by atoms with Crippen LogP contribution in [0.5, 0.6) is 0 Å². The minimum Gasteiger partial charge on any atom is -0.322 e. The summed E-state index contributed by atoms with van der Waals surface area (Å²) in [7, 11) is 0. The molecule has 1 N–H and O–H groups in total. The van der Waals surface area contributed by atoms with E-state index in [1.54, 1.807) is 4.90 Å². The number of pyridine rings is 1. The van der Waals surface area contributed by atoms with Crippen LogP contribution >= 0.6 is 0 Å². The number of piperidine rings is 2. The summed E-state index contributed by atoms with van der Waals surface area (Å²) in [5.74, 6) is -0.286. The number of fused-ring (bicyclic) bond motifs is 2. The third-order valence-electron chi connectivity index (χ3n) is 7.74. The zero-order valence-corrected chi connectivity index (χ0v) is 19.6. The highest BCUT2D eigenvalue weighted by Crippen LogP contribution is 2.34. The fourth-order valence-electron chi connectivity index (χ4n) is 5.79. The van der Waals surface area contributed by atoms with Gasteiger partial charge in [-0.2, -0.15) is 0 Å². The van der Waals surface area contributed by atoms with Gasteiger partial charge in [0.25, 0.3) is 5.91 Å². The molecule has 1 aromatic heterocycles. The molecule has 6 rings (SSSR count). The monoisotopic (exact) mass is 468 g/mol. The molecule has 1 unspecified atom stereocenters. The molecule has 7 heteroatoms. The number of carbonyl (C=O) groups is 3. The molecule has 35 heavy (non-hydrogen) atoms. The SMILES string of the molecule is O=C1CCC(N2Cc3cc(C4CCN(Cc5nccc6ccccc56)CC4)ccc3C2=O)C(=O)N1. The molecule has 7 nitrogen and oxygen atoms in total. The molecule has 3 amide bonds. The van der Waals surface area contributed by atoms with Crippen LogP contribution in [0.4, 0.5) is 0 Å². The van der Waals surface area contributed by atoms with Crippen molar-refractivity contribution in [3.8, 4) is 0 Å². The maximum atomic E-state index is 13.0. The van der Waals surface area contributed by atoms with Gasteiger partial charge in [0.1, 0.15) is 6.04 Å². The van der Waals surface area contributed by atoms with Gasteiger partial charge >= 0.3 is 0 Å². The van der Waals surface area contributed by atoms with E-state index in [0.29, 0.717) is 24.4 Å². The Labute approximate surface area is 204 Å². The fraction of sp³-hybridized carbons (Fsp3) is 0.357. The molecular formula is C28H28N4O3. The minimum atomic E-state index is -0.568. The highest BCUT2D eigenvalue weighted by atomic mass is 16.2. The summed E-state index contributed by atoms with van der Waals surface area (Å²) in [6.07, 6.45) is 4.69. The third-order valence-corrected chi connectivity index (χ3v) is 7.74. The van der Waals surface area contributed by atoms with Crippen molar-refractivity contribution in [3.63, 3.8) is 0 Å². The number of benzene rings is 2. The first-order valence-corrected chi connectivity index (χ1v) is 12.4. The Morgan fingerprint density at radius 3 is 2.63 bits per heavy atom. The topological polar surface area (TPSA) is 82.6 Å². The quantitative estimate of drug-likeness (QED) is 0.594. The molecule has 0 saturated carbocycles. The van der Waals surface area contributed by atoms with Gasteiger partial charge in [-0.3, -0.25) is 29.6 Å². The predicted octanol–water partition coefficient (Wildman–Crippen LogP) is 3.38. The molecule has 4 heterocycles.